The molecule has 2 aromatic rings. The molecule has 2 atom stereocenters. The van der Waals surface area contributed by atoms with Crippen LogP contribution in [0, 0.1) is 24.0 Å². The quantitative estimate of drug-likeness (QED) is 0.505. The molecule has 2 rings (SSSR count). The van der Waals surface area contributed by atoms with Gasteiger partial charge in [-0.3, -0.25) is 19.2 Å². The maximum Gasteiger partial charge on any atom is 0.271 e. The first kappa shape index (κ1) is 23.3. The number of non-ortho nitro benzene ring substituents is 1. The molecular formula is C21H27N3O5S. The lowest BCUT2D eigenvalue weighted by Crippen LogP contribution is -2.48. The van der Waals surface area contributed by atoms with Crippen molar-refractivity contribution in [1.29, 1.82) is 0 Å². The Morgan fingerprint density at radius 3 is 2.40 bits per heavy atom. The molecule has 9 heteroatoms. The van der Waals surface area contributed by atoms with Gasteiger partial charge >= 0.3 is 0 Å². The molecule has 162 valence electrons. The van der Waals surface area contributed by atoms with Crippen LogP contribution in [0.15, 0.2) is 42.5 Å². The van der Waals surface area contributed by atoms with Crippen LogP contribution in [0.2, 0.25) is 0 Å². The average Bonchev–Trinajstić information content (AvgIpc) is 2.65. The third kappa shape index (κ3) is 5.35. The van der Waals surface area contributed by atoms with Crippen LogP contribution in [0.25, 0.3) is 0 Å². The molecule has 2 aromatic carbocycles. The maximum atomic E-state index is 13.0. The molecule has 0 aliphatic heterocycles. The number of aryl methyl sites for hydroxylation is 2. The standard InChI is InChI=1S/C21H27N3O5S/c1-6-20(19-11-10-14(2)12-15(19)3)22-21(25)16(4)23(30(5,28)29)17-8-7-9-18(13-17)24(26)27/h7-13,16,20H,6H2,1-5H3,(H,22,25)/t16-,20-/m0/s1. The van der Waals surface area contributed by atoms with Gasteiger partial charge < -0.3 is 5.32 Å². The highest BCUT2D eigenvalue weighted by molar-refractivity contribution is 7.92. The molecular weight excluding hydrogens is 406 g/mol. The lowest BCUT2D eigenvalue weighted by atomic mass is 9.97. The molecule has 0 aliphatic carbocycles. The first-order valence-corrected chi connectivity index (χ1v) is 11.4. The molecule has 0 spiro atoms. The summed E-state index contributed by atoms with van der Waals surface area (Å²) >= 11 is 0. The van der Waals surface area contributed by atoms with E-state index in [-0.39, 0.29) is 17.4 Å². The van der Waals surface area contributed by atoms with Gasteiger partial charge in [0.05, 0.1) is 22.9 Å². The van der Waals surface area contributed by atoms with Crippen molar-refractivity contribution in [3.63, 3.8) is 0 Å². The van der Waals surface area contributed by atoms with Gasteiger partial charge in [0.1, 0.15) is 6.04 Å². The number of amides is 1. The van der Waals surface area contributed by atoms with Crippen molar-refractivity contribution in [2.45, 2.75) is 46.2 Å². The second kappa shape index (κ2) is 9.25. The Morgan fingerprint density at radius 1 is 1.20 bits per heavy atom. The Kier molecular flexibility index (Phi) is 7.20. The summed E-state index contributed by atoms with van der Waals surface area (Å²) in [5, 5.41) is 14.0. The van der Waals surface area contributed by atoms with E-state index in [1.54, 1.807) is 0 Å². The molecule has 0 fully saturated rings. The SMILES string of the molecule is CC[C@H](NC(=O)[C@H](C)N(c1cccc([N+](=O)[O-])c1)S(C)(=O)=O)c1ccc(C)cc1C. The second-order valence-corrected chi connectivity index (χ2v) is 9.20. The van der Waals surface area contributed by atoms with E-state index < -0.39 is 26.9 Å². The number of nitro benzene ring substituents is 1. The van der Waals surface area contributed by atoms with Crippen LogP contribution in [0.4, 0.5) is 11.4 Å². The van der Waals surface area contributed by atoms with Crippen molar-refractivity contribution in [2.75, 3.05) is 10.6 Å². The molecule has 0 aromatic heterocycles. The van der Waals surface area contributed by atoms with E-state index in [2.05, 4.69) is 5.32 Å². The van der Waals surface area contributed by atoms with Crippen molar-refractivity contribution in [1.82, 2.24) is 5.32 Å². The molecule has 8 nitrogen and oxygen atoms in total. The Bertz CT molecular complexity index is 1050. The fourth-order valence-corrected chi connectivity index (χ4v) is 4.63. The number of benzene rings is 2. The third-order valence-electron chi connectivity index (χ3n) is 4.91. The smallest absolute Gasteiger partial charge is 0.271 e. The predicted molar refractivity (Wildman–Crippen MR) is 117 cm³/mol. The number of hydrogen-bond acceptors (Lipinski definition) is 5. The number of rotatable bonds is 8. The summed E-state index contributed by atoms with van der Waals surface area (Å²) in [5.41, 5.74) is 2.92. The number of hydrogen-bond donors (Lipinski definition) is 1. The van der Waals surface area contributed by atoms with E-state index in [0.29, 0.717) is 6.42 Å². The van der Waals surface area contributed by atoms with Gasteiger partial charge in [0.25, 0.3) is 5.69 Å². The number of sulfonamides is 1. The molecule has 0 saturated heterocycles. The van der Waals surface area contributed by atoms with E-state index in [1.807, 2.05) is 39.0 Å². The zero-order valence-electron chi connectivity index (χ0n) is 17.7. The number of carbonyl (C=O) groups is 1. The highest BCUT2D eigenvalue weighted by Gasteiger charge is 2.31. The number of nitrogens with one attached hydrogen (secondary N) is 1. The van der Waals surface area contributed by atoms with Crippen LogP contribution >= 0.6 is 0 Å². The summed E-state index contributed by atoms with van der Waals surface area (Å²) in [7, 11) is -3.88. The zero-order valence-corrected chi connectivity index (χ0v) is 18.6. The van der Waals surface area contributed by atoms with E-state index in [0.717, 1.165) is 33.3 Å². The highest BCUT2D eigenvalue weighted by atomic mass is 32.2. The minimum absolute atomic E-state index is 0.0638. The predicted octanol–water partition coefficient (Wildman–Crippen LogP) is 3.63. The molecule has 0 aliphatic rings. The van der Waals surface area contributed by atoms with Gasteiger partial charge in [-0.2, -0.15) is 0 Å². The summed E-state index contributed by atoms with van der Waals surface area (Å²) in [4.78, 5) is 23.5. The number of anilines is 1. The van der Waals surface area contributed by atoms with Gasteiger partial charge in [-0.1, -0.05) is 36.8 Å². The van der Waals surface area contributed by atoms with Crippen LogP contribution in [-0.4, -0.2) is 31.5 Å². The fourth-order valence-electron chi connectivity index (χ4n) is 3.46. The maximum absolute atomic E-state index is 13.0. The molecule has 0 saturated carbocycles. The van der Waals surface area contributed by atoms with Gasteiger partial charge in [0, 0.05) is 12.1 Å². The van der Waals surface area contributed by atoms with E-state index in [9.17, 15) is 23.3 Å². The topological polar surface area (TPSA) is 110 Å². The monoisotopic (exact) mass is 433 g/mol. The highest BCUT2D eigenvalue weighted by Crippen LogP contribution is 2.26. The number of nitro groups is 1. The molecule has 0 heterocycles. The van der Waals surface area contributed by atoms with Crippen molar-refractivity contribution >= 4 is 27.3 Å². The van der Waals surface area contributed by atoms with Crippen LogP contribution in [0.3, 0.4) is 0 Å². The summed E-state index contributed by atoms with van der Waals surface area (Å²) in [5.74, 6) is -0.487. The van der Waals surface area contributed by atoms with Gasteiger partial charge in [-0.05, 0) is 44.4 Å². The minimum atomic E-state index is -3.88. The van der Waals surface area contributed by atoms with E-state index >= 15 is 0 Å². The van der Waals surface area contributed by atoms with Gasteiger partial charge in [0.15, 0.2) is 0 Å². The second-order valence-electron chi connectivity index (χ2n) is 7.34. The lowest BCUT2D eigenvalue weighted by Gasteiger charge is -2.30. The van der Waals surface area contributed by atoms with Crippen LogP contribution in [0.1, 0.15) is 43.0 Å². The van der Waals surface area contributed by atoms with Crippen molar-refractivity contribution in [3.05, 3.63) is 69.3 Å². The van der Waals surface area contributed by atoms with Crippen molar-refractivity contribution in [2.24, 2.45) is 0 Å². The summed E-state index contributed by atoms with van der Waals surface area (Å²) in [6.45, 7) is 7.35. The summed E-state index contributed by atoms with van der Waals surface area (Å²) in [6.07, 6.45) is 1.59. The van der Waals surface area contributed by atoms with Gasteiger partial charge in [0.2, 0.25) is 15.9 Å². The average molecular weight is 434 g/mol. The Morgan fingerprint density at radius 2 is 1.87 bits per heavy atom. The first-order chi connectivity index (χ1) is 14.0. The normalized spacial score (nSPS) is 13.4. The van der Waals surface area contributed by atoms with Crippen LogP contribution in [-0.2, 0) is 14.8 Å². The molecule has 0 radical (unpaired) electrons. The lowest BCUT2D eigenvalue weighted by molar-refractivity contribution is -0.384. The van der Waals surface area contributed by atoms with Gasteiger partial charge in [-0.25, -0.2) is 8.42 Å². The van der Waals surface area contributed by atoms with Crippen molar-refractivity contribution < 1.29 is 18.1 Å². The molecule has 30 heavy (non-hydrogen) atoms. The largest absolute Gasteiger partial charge is 0.347 e. The van der Waals surface area contributed by atoms with Crippen LogP contribution < -0.4 is 9.62 Å². The van der Waals surface area contributed by atoms with E-state index in [1.165, 1.54) is 25.1 Å². The third-order valence-corrected chi connectivity index (χ3v) is 6.15. The van der Waals surface area contributed by atoms with Gasteiger partial charge in [-0.15, -0.1) is 0 Å². The fraction of sp³-hybridized carbons (Fsp3) is 0.381. The summed E-state index contributed by atoms with van der Waals surface area (Å²) < 4.78 is 25.8. The Labute approximate surface area is 177 Å². The summed E-state index contributed by atoms with van der Waals surface area (Å²) in [6, 6.07) is 9.80. The minimum Gasteiger partial charge on any atom is -0.347 e. The number of carbonyl (C=O) groups excluding carboxylic acids is 1. The number of nitrogens with zero attached hydrogens (tertiary/aromatic N) is 2. The first-order valence-electron chi connectivity index (χ1n) is 9.57. The van der Waals surface area contributed by atoms with E-state index in [4.69, 9.17) is 0 Å². The molecule has 1 amide bonds. The molecule has 1 N–H and O–H groups in total. The Hall–Kier alpha value is -2.94. The zero-order chi connectivity index (χ0) is 22.6. The van der Waals surface area contributed by atoms with Crippen molar-refractivity contribution in [3.8, 4) is 0 Å². The molecule has 0 unspecified atom stereocenters. The molecule has 0 bridgehead atoms. The Balaban J connectivity index is 2.36. The van der Waals surface area contributed by atoms with Crippen LogP contribution in [0.5, 0.6) is 0 Å².